The minimum Gasteiger partial charge on any atom is -0.468 e. The molecule has 0 spiro atoms. The number of nitrogens with zero attached hydrogens (tertiary/aromatic N) is 1. The number of likely N-dealkylation sites (tertiary alicyclic amines) is 1. The summed E-state index contributed by atoms with van der Waals surface area (Å²) in [4.78, 5) is 13.9. The number of halogens is 1. The number of methoxy groups -OCH3 is 1. The van der Waals surface area contributed by atoms with Crippen LogP contribution < -0.4 is 0 Å². The standard InChI is InChI=1S/C12H16BrNO2S/c1-16-12(15)10-4-2-3-5-14(10)7-9-6-11(13)17-8-9/h6,8,10H,2-5,7H2,1H3. The third kappa shape index (κ3) is 3.30. The van der Waals surface area contributed by atoms with Crippen molar-refractivity contribution < 1.29 is 9.53 Å². The molecule has 2 heterocycles. The molecule has 0 saturated carbocycles. The predicted molar refractivity (Wildman–Crippen MR) is 72.1 cm³/mol. The van der Waals surface area contributed by atoms with Crippen molar-refractivity contribution >= 4 is 33.2 Å². The number of esters is 1. The summed E-state index contributed by atoms with van der Waals surface area (Å²) in [5.41, 5.74) is 1.26. The lowest BCUT2D eigenvalue weighted by Gasteiger charge is -2.33. The van der Waals surface area contributed by atoms with Crippen LogP contribution in [0.2, 0.25) is 0 Å². The molecule has 0 radical (unpaired) electrons. The second kappa shape index (κ2) is 5.98. The fourth-order valence-electron chi connectivity index (χ4n) is 2.25. The van der Waals surface area contributed by atoms with Gasteiger partial charge in [-0.15, -0.1) is 11.3 Å². The molecule has 17 heavy (non-hydrogen) atoms. The van der Waals surface area contributed by atoms with Crippen LogP contribution in [-0.2, 0) is 16.1 Å². The smallest absolute Gasteiger partial charge is 0.323 e. The quantitative estimate of drug-likeness (QED) is 0.802. The molecule has 1 fully saturated rings. The van der Waals surface area contributed by atoms with Crippen LogP contribution in [0, 0.1) is 0 Å². The van der Waals surface area contributed by atoms with Crippen LogP contribution >= 0.6 is 27.3 Å². The normalized spacial score (nSPS) is 21.4. The van der Waals surface area contributed by atoms with E-state index in [9.17, 15) is 4.79 Å². The second-order valence-electron chi connectivity index (χ2n) is 4.26. The summed E-state index contributed by atoms with van der Waals surface area (Å²) in [7, 11) is 1.47. The van der Waals surface area contributed by atoms with Crippen LogP contribution in [0.4, 0.5) is 0 Å². The summed E-state index contributed by atoms with van der Waals surface area (Å²) < 4.78 is 6.01. The molecular formula is C12H16BrNO2S. The van der Waals surface area contributed by atoms with Crippen molar-refractivity contribution in [3.8, 4) is 0 Å². The number of hydrogen-bond donors (Lipinski definition) is 0. The third-order valence-corrected chi connectivity index (χ3v) is 4.65. The molecule has 2 rings (SSSR count). The maximum absolute atomic E-state index is 11.7. The first-order valence-corrected chi connectivity index (χ1v) is 7.43. The fourth-order valence-corrected chi connectivity index (χ4v) is 3.45. The first kappa shape index (κ1) is 13.1. The highest BCUT2D eigenvalue weighted by Gasteiger charge is 2.29. The zero-order valence-electron chi connectivity index (χ0n) is 9.82. The molecule has 1 atom stereocenters. The molecule has 0 aromatic carbocycles. The number of rotatable bonds is 3. The van der Waals surface area contributed by atoms with E-state index < -0.39 is 0 Å². The Kier molecular flexibility index (Phi) is 4.59. The molecule has 5 heteroatoms. The molecule has 3 nitrogen and oxygen atoms in total. The highest BCUT2D eigenvalue weighted by molar-refractivity contribution is 9.11. The lowest BCUT2D eigenvalue weighted by Crippen LogP contribution is -2.44. The maximum Gasteiger partial charge on any atom is 0.323 e. The van der Waals surface area contributed by atoms with Crippen molar-refractivity contribution in [2.75, 3.05) is 13.7 Å². The summed E-state index contributed by atoms with van der Waals surface area (Å²) in [6.45, 7) is 1.81. The average molecular weight is 318 g/mol. The Bertz CT molecular complexity index is 394. The van der Waals surface area contributed by atoms with E-state index >= 15 is 0 Å². The van der Waals surface area contributed by atoms with E-state index in [4.69, 9.17) is 4.74 Å². The van der Waals surface area contributed by atoms with Gasteiger partial charge in [-0.1, -0.05) is 6.42 Å². The number of piperidine rings is 1. The third-order valence-electron chi connectivity index (χ3n) is 3.09. The van der Waals surface area contributed by atoms with Crippen molar-refractivity contribution in [1.29, 1.82) is 0 Å². The molecule has 1 saturated heterocycles. The predicted octanol–water partition coefficient (Wildman–Crippen LogP) is 3.04. The van der Waals surface area contributed by atoms with Gasteiger partial charge in [0.2, 0.25) is 0 Å². The molecule has 0 amide bonds. The van der Waals surface area contributed by atoms with Crippen LogP contribution in [0.1, 0.15) is 24.8 Å². The van der Waals surface area contributed by atoms with Crippen LogP contribution in [-0.4, -0.2) is 30.6 Å². The summed E-state index contributed by atoms with van der Waals surface area (Å²) in [6, 6.07) is 2.06. The van der Waals surface area contributed by atoms with Gasteiger partial charge < -0.3 is 4.74 Å². The number of carbonyl (C=O) groups excluding carboxylic acids is 1. The van der Waals surface area contributed by atoms with Crippen molar-refractivity contribution in [2.45, 2.75) is 31.8 Å². The Balaban J connectivity index is 2.03. The lowest BCUT2D eigenvalue weighted by molar-refractivity contribution is -0.148. The number of hydrogen-bond acceptors (Lipinski definition) is 4. The Morgan fingerprint density at radius 1 is 1.65 bits per heavy atom. The van der Waals surface area contributed by atoms with Gasteiger partial charge in [0.1, 0.15) is 6.04 Å². The molecular weight excluding hydrogens is 302 g/mol. The first-order valence-electron chi connectivity index (χ1n) is 5.75. The van der Waals surface area contributed by atoms with Crippen LogP contribution in [0.5, 0.6) is 0 Å². The topological polar surface area (TPSA) is 29.5 Å². The zero-order valence-corrected chi connectivity index (χ0v) is 12.2. The van der Waals surface area contributed by atoms with E-state index in [-0.39, 0.29) is 12.0 Å². The number of thiophene rings is 1. The zero-order chi connectivity index (χ0) is 12.3. The van der Waals surface area contributed by atoms with Gasteiger partial charge in [0.25, 0.3) is 0 Å². The Morgan fingerprint density at radius 3 is 3.12 bits per heavy atom. The van der Waals surface area contributed by atoms with Crippen LogP contribution in [0.15, 0.2) is 15.2 Å². The summed E-state index contributed by atoms with van der Waals surface area (Å²) in [6.07, 6.45) is 3.19. The average Bonchev–Trinajstić information content (AvgIpc) is 2.74. The summed E-state index contributed by atoms with van der Waals surface area (Å²) >= 11 is 5.15. The summed E-state index contributed by atoms with van der Waals surface area (Å²) in [5, 5.41) is 2.13. The number of carbonyl (C=O) groups is 1. The summed E-state index contributed by atoms with van der Waals surface area (Å²) in [5.74, 6) is -0.0982. The SMILES string of the molecule is COC(=O)C1CCCCN1Cc1csc(Br)c1. The van der Waals surface area contributed by atoms with Crippen molar-refractivity contribution in [2.24, 2.45) is 0 Å². The van der Waals surface area contributed by atoms with E-state index in [1.54, 1.807) is 11.3 Å². The van der Waals surface area contributed by atoms with Gasteiger partial charge in [-0.05, 0) is 52.3 Å². The van der Waals surface area contributed by atoms with Gasteiger partial charge in [0.05, 0.1) is 10.9 Å². The maximum atomic E-state index is 11.7. The molecule has 1 aliphatic heterocycles. The first-order chi connectivity index (χ1) is 8.20. The monoisotopic (exact) mass is 317 g/mol. The van der Waals surface area contributed by atoms with Crippen LogP contribution in [0.25, 0.3) is 0 Å². The molecule has 1 aromatic heterocycles. The molecule has 1 aromatic rings. The van der Waals surface area contributed by atoms with Gasteiger partial charge >= 0.3 is 5.97 Å². The highest BCUT2D eigenvalue weighted by atomic mass is 79.9. The van der Waals surface area contributed by atoms with Gasteiger partial charge in [-0.25, -0.2) is 0 Å². The molecule has 0 bridgehead atoms. The fraction of sp³-hybridized carbons (Fsp3) is 0.583. The Labute approximate surface area is 114 Å². The van der Waals surface area contributed by atoms with E-state index in [1.165, 1.54) is 19.1 Å². The van der Waals surface area contributed by atoms with E-state index in [0.717, 1.165) is 29.7 Å². The Hall–Kier alpha value is -0.390. The van der Waals surface area contributed by atoms with E-state index in [1.807, 2.05) is 0 Å². The number of ether oxygens (including phenoxy) is 1. The molecule has 1 aliphatic rings. The van der Waals surface area contributed by atoms with Crippen molar-refractivity contribution in [1.82, 2.24) is 4.90 Å². The Morgan fingerprint density at radius 2 is 2.47 bits per heavy atom. The molecule has 1 unspecified atom stereocenters. The largest absolute Gasteiger partial charge is 0.468 e. The minimum atomic E-state index is -0.0982. The highest BCUT2D eigenvalue weighted by Crippen LogP contribution is 2.25. The minimum absolute atomic E-state index is 0.0626. The lowest BCUT2D eigenvalue weighted by atomic mass is 10.0. The molecule has 0 aliphatic carbocycles. The van der Waals surface area contributed by atoms with Crippen molar-refractivity contribution in [3.63, 3.8) is 0 Å². The van der Waals surface area contributed by atoms with E-state index in [2.05, 4.69) is 32.3 Å². The van der Waals surface area contributed by atoms with Gasteiger partial charge in [0, 0.05) is 6.54 Å². The van der Waals surface area contributed by atoms with Gasteiger partial charge in [-0.2, -0.15) is 0 Å². The van der Waals surface area contributed by atoms with Crippen LogP contribution in [0.3, 0.4) is 0 Å². The van der Waals surface area contributed by atoms with E-state index in [0.29, 0.717) is 0 Å². The molecule has 94 valence electrons. The van der Waals surface area contributed by atoms with Gasteiger partial charge in [0.15, 0.2) is 0 Å². The van der Waals surface area contributed by atoms with Gasteiger partial charge in [-0.3, -0.25) is 9.69 Å². The van der Waals surface area contributed by atoms with Crippen molar-refractivity contribution in [3.05, 3.63) is 20.8 Å². The molecule has 0 N–H and O–H groups in total. The second-order valence-corrected chi connectivity index (χ2v) is 6.55.